The molecule has 3 aromatic rings. The summed E-state index contributed by atoms with van der Waals surface area (Å²) in [6.07, 6.45) is 1.83. The summed E-state index contributed by atoms with van der Waals surface area (Å²) in [6.45, 7) is 3.93. The van der Waals surface area contributed by atoms with Gasteiger partial charge in [0.1, 0.15) is 29.3 Å². The van der Waals surface area contributed by atoms with E-state index in [4.69, 9.17) is 16.7 Å². The monoisotopic (exact) mass is 398 g/mol. The van der Waals surface area contributed by atoms with Crippen molar-refractivity contribution < 1.29 is 0 Å². The molecule has 1 aromatic carbocycles. The van der Waals surface area contributed by atoms with Crippen molar-refractivity contribution in [3.05, 3.63) is 58.4 Å². The van der Waals surface area contributed by atoms with Crippen molar-refractivity contribution >= 4 is 23.3 Å². The van der Waals surface area contributed by atoms with E-state index < -0.39 is 6.04 Å². The largest absolute Gasteiger partial charge is 0.397 e. The van der Waals surface area contributed by atoms with Crippen LogP contribution in [0.25, 0.3) is 5.69 Å². The third kappa shape index (κ3) is 3.02. The number of hydrogen-bond donors (Lipinski definition) is 4. The van der Waals surface area contributed by atoms with Crippen LogP contribution in [0.5, 0.6) is 0 Å². The normalized spacial score (nSPS) is 14.7. The molecule has 4 rings (SSSR count). The number of nitrogens with two attached hydrogens (primary N) is 2. The number of hydrogen-bond acceptors (Lipinski definition) is 9. The molecule has 1 atom stereocenters. The number of nitriles is 2. The molecule has 10 heteroatoms. The van der Waals surface area contributed by atoms with Gasteiger partial charge in [0.15, 0.2) is 6.19 Å². The van der Waals surface area contributed by atoms with Crippen LogP contribution < -0.4 is 22.1 Å². The Labute approximate surface area is 172 Å². The zero-order chi connectivity index (χ0) is 21.4. The molecule has 0 amide bonds. The van der Waals surface area contributed by atoms with Crippen molar-refractivity contribution in [2.24, 2.45) is 4.99 Å². The first-order valence-electron chi connectivity index (χ1n) is 9.05. The predicted molar refractivity (Wildman–Crippen MR) is 112 cm³/mol. The van der Waals surface area contributed by atoms with Gasteiger partial charge in [0.25, 0.3) is 0 Å². The van der Waals surface area contributed by atoms with Crippen LogP contribution in [-0.2, 0) is 0 Å². The summed E-state index contributed by atoms with van der Waals surface area (Å²) < 4.78 is 1.85. The number of nitrogens with zero attached hydrogens (tertiary/aromatic N) is 6. The first kappa shape index (κ1) is 18.8. The number of anilines is 3. The standard InChI is InChI=1S/C20H18N10/c1-10-7-11(2)30(29-10)13-5-3-12(4-6-13)17-15-16(23)14(8-21)18(24)27-19(15)28-20(26-17)25-9-22/h3-7,17H,1-2H3,(H6,23,24,25,26,27,28). The Bertz CT molecular complexity index is 1250. The Kier molecular flexibility index (Phi) is 4.45. The lowest BCUT2D eigenvalue weighted by molar-refractivity contribution is 0.823. The average molecular weight is 398 g/mol. The highest BCUT2D eigenvalue weighted by Crippen LogP contribution is 2.40. The van der Waals surface area contributed by atoms with Crippen molar-refractivity contribution in [3.63, 3.8) is 0 Å². The summed E-state index contributed by atoms with van der Waals surface area (Å²) >= 11 is 0. The summed E-state index contributed by atoms with van der Waals surface area (Å²) in [5.41, 5.74) is 16.6. The fourth-order valence-corrected chi connectivity index (χ4v) is 3.51. The SMILES string of the molecule is Cc1cc(C)n(-c2ccc(C3N=C(NC#N)Nc4nc(N)c(C#N)c(N)c43)cc2)n1. The zero-order valence-corrected chi connectivity index (χ0v) is 16.3. The molecule has 0 radical (unpaired) electrons. The molecule has 0 saturated heterocycles. The van der Waals surface area contributed by atoms with Crippen molar-refractivity contribution in [1.29, 1.82) is 10.5 Å². The van der Waals surface area contributed by atoms with E-state index in [0.717, 1.165) is 22.6 Å². The highest BCUT2D eigenvalue weighted by Gasteiger charge is 2.29. The number of rotatable bonds is 2. The van der Waals surface area contributed by atoms with Gasteiger partial charge in [-0.2, -0.15) is 15.6 Å². The van der Waals surface area contributed by atoms with Crippen LogP contribution in [0.4, 0.5) is 17.3 Å². The van der Waals surface area contributed by atoms with E-state index in [1.54, 1.807) is 0 Å². The molecule has 0 saturated carbocycles. The summed E-state index contributed by atoms with van der Waals surface area (Å²) in [5.74, 6) is 0.580. The van der Waals surface area contributed by atoms with Gasteiger partial charge in [-0.15, -0.1) is 0 Å². The summed E-state index contributed by atoms with van der Waals surface area (Å²) in [5, 5.41) is 28.3. The van der Waals surface area contributed by atoms with Crippen LogP contribution in [0.15, 0.2) is 35.3 Å². The first-order chi connectivity index (χ1) is 14.4. The number of nitrogens with one attached hydrogen (secondary N) is 2. The molecule has 10 nitrogen and oxygen atoms in total. The molecule has 2 aromatic heterocycles. The Morgan fingerprint density at radius 2 is 1.90 bits per heavy atom. The minimum Gasteiger partial charge on any atom is -0.397 e. The molecular formula is C20H18N10. The van der Waals surface area contributed by atoms with Crippen molar-refractivity contribution in [2.45, 2.75) is 19.9 Å². The number of nitrogen functional groups attached to an aromatic ring is 2. The quantitative estimate of drug-likeness (QED) is 0.375. The third-order valence-corrected chi connectivity index (χ3v) is 4.82. The predicted octanol–water partition coefficient (Wildman–Crippen LogP) is 1.86. The lowest BCUT2D eigenvalue weighted by Gasteiger charge is -2.26. The maximum atomic E-state index is 9.41. The van der Waals surface area contributed by atoms with Crippen LogP contribution in [0, 0.1) is 36.6 Å². The molecule has 0 aliphatic carbocycles. The number of aliphatic imine (C=N–C) groups is 1. The minimum atomic E-state index is -0.577. The number of aromatic nitrogens is 3. The summed E-state index contributed by atoms with van der Waals surface area (Å²) in [7, 11) is 0. The van der Waals surface area contributed by atoms with Gasteiger partial charge < -0.3 is 16.8 Å². The molecule has 0 spiro atoms. The van der Waals surface area contributed by atoms with Gasteiger partial charge in [0.2, 0.25) is 5.96 Å². The molecule has 1 aliphatic heterocycles. The summed E-state index contributed by atoms with van der Waals surface area (Å²) in [6, 6.07) is 11.1. The van der Waals surface area contributed by atoms with E-state index in [1.165, 1.54) is 0 Å². The zero-order valence-electron chi connectivity index (χ0n) is 16.3. The lowest BCUT2D eigenvalue weighted by atomic mass is 9.95. The highest BCUT2D eigenvalue weighted by atomic mass is 15.3. The maximum Gasteiger partial charge on any atom is 0.211 e. The average Bonchev–Trinajstić information content (AvgIpc) is 3.06. The maximum absolute atomic E-state index is 9.41. The molecule has 148 valence electrons. The van der Waals surface area contributed by atoms with E-state index >= 15 is 0 Å². The minimum absolute atomic E-state index is 0.0121. The van der Waals surface area contributed by atoms with E-state index in [9.17, 15) is 5.26 Å². The number of pyridine rings is 1. The van der Waals surface area contributed by atoms with Gasteiger partial charge >= 0.3 is 0 Å². The van der Waals surface area contributed by atoms with Gasteiger partial charge in [0, 0.05) is 11.3 Å². The molecule has 0 fully saturated rings. The fourth-order valence-electron chi connectivity index (χ4n) is 3.51. The second-order valence-electron chi connectivity index (χ2n) is 6.83. The molecule has 6 N–H and O–H groups in total. The fraction of sp³-hybridized carbons (Fsp3) is 0.150. The van der Waals surface area contributed by atoms with Crippen molar-refractivity contribution in [2.75, 3.05) is 16.8 Å². The van der Waals surface area contributed by atoms with Crippen LogP contribution in [-0.4, -0.2) is 20.7 Å². The first-order valence-corrected chi connectivity index (χ1v) is 9.05. The smallest absolute Gasteiger partial charge is 0.211 e. The second kappa shape index (κ2) is 7.11. The van der Waals surface area contributed by atoms with Crippen LogP contribution in [0.3, 0.4) is 0 Å². The molecule has 1 unspecified atom stereocenters. The Hall–Kier alpha value is -4.57. The van der Waals surface area contributed by atoms with E-state index in [1.807, 2.05) is 61.1 Å². The lowest BCUT2D eigenvalue weighted by Crippen LogP contribution is -2.32. The third-order valence-electron chi connectivity index (χ3n) is 4.82. The van der Waals surface area contributed by atoms with E-state index in [-0.39, 0.29) is 23.0 Å². The number of fused-ring (bicyclic) bond motifs is 1. The van der Waals surface area contributed by atoms with Gasteiger partial charge in [-0.3, -0.25) is 5.32 Å². The Balaban J connectivity index is 1.83. The number of aryl methyl sites for hydroxylation is 2. The second-order valence-corrected chi connectivity index (χ2v) is 6.83. The summed E-state index contributed by atoms with van der Waals surface area (Å²) in [4.78, 5) is 8.81. The van der Waals surface area contributed by atoms with Gasteiger partial charge in [-0.25, -0.2) is 14.7 Å². The molecule has 1 aliphatic rings. The molecule has 3 heterocycles. The molecular weight excluding hydrogens is 380 g/mol. The van der Waals surface area contributed by atoms with Crippen molar-refractivity contribution in [1.82, 2.24) is 20.1 Å². The van der Waals surface area contributed by atoms with Gasteiger partial charge in [-0.1, -0.05) is 12.1 Å². The van der Waals surface area contributed by atoms with Crippen LogP contribution in [0.2, 0.25) is 0 Å². The number of benzene rings is 1. The van der Waals surface area contributed by atoms with Gasteiger partial charge in [-0.05, 0) is 37.6 Å². The highest BCUT2D eigenvalue weighted by molar-refractivity contribution is 5.98. The topological polar surface area (TPSA) is 167 Å². The van der Waals surface area contributed by atoms with Gasteiger partial charge in [0.05, 0.1) is 17.1 Å². The molecule has 30 heavy (non-hydrogen) atoms. The van der Waals surface area contributed by atoms with Crippen LogP contribution in [0.1, 0.15) is 34.1 Å². The number of guanidine groups is 1. The molecule has 0 bridgehead atoms. The Morgan fingerprint density at radius 1 is 1.17 bits per heavy atom. The van der Waals surface area contributed by atoms with E-state index in [0.29, 0.717) is 11.4 Å². The Morgan fingerprint density at radius 3 is 2.50 bits per heavy atom. The van der Waals surface area contributed by atoms with Crippen molar-refractivity contribution in [3.8, 4) is 17.9 Å². The van der Waals surface area contributed by atoms with Crippen LogP contribution >= 0.6 is 0 Å². The van der Waals surface area contributed by atoms with E-state index in [2.05, 4.69) is 25.7 Å².